The quantitative estimate of drug-likeness (QED) is 0.366. The standard InChI is InChI=1S/C17H22F2N4S.HI/c1-4-16-23-13(10-24-16)9-21-17(20-5-2)22-11(3)12-6-7-14(18)15(19)8-12;/h6-8,10-11H,4-5,9H2,1-3H3,(H2,20,21,22);1H. The minimum atomic E-state index is -0.849. The molecular formula is C17H23F2IN4S. The number of benzene rings is 1. The Morgan fingerprint density at radius 3 is 2.64 bits per heavy atom. The SMILES string of the molecule is CCNC(=NCc1csc(CC)n1)NC(C)c1ccc(F)c(F)c1.I. The highest BCUT2D eigenvalue weighted by Crippen LogP contribution is 2.16. The van der Waals surface area contributed by atoms with Crippen molar-refractivity contribution in [1.29, 1.82) is 0 Å². The molecule has 0 fully saturated rings. The Labute approximate surface area is 168 Å². The molecule has 8 heteroatoms. The van der Waals surface area contributed by atoms with Gasteiger partial charge in [-0.3, -0.25) is 0 Å². The number of guanidine groups is 1. The molecule has 0 radical (unpaired) electrons. The van der Waals surface area contributed by atoms with Gasteiger partial charge in [-0.25, -0.2) is 18.8 Å². The van der Waals surface area contributed by atoms with Gasteiger partial charge in [0.1, 0.15) is 0 Å². The lowest BCUT2D eigenvalue weighted by Crippen LogP contribution is -2.38. The van der Waals surface area contributed by atoms with E-state index in [9.17, 15) is 8.78 Å². The summed E-state index contributed by atoms with van der Waals surface area (Å²) in [6, 6.07) is 3.69. The van der Waals surface area contributed by atoms with Crippen LogP contribution in [0.1, 0.15) is 43.1 Å². The third-order valence-electron chi connectivity index (χ3n) is 3.44. The van der Waals surface area contributed by atoms with Crippen LogP contribution < -0.4 is 10.6 Å². The Morgan fingerprint density at radius 2 is 2.04 bits per heavy atom. The van der Waals surface area contributed by atoms with Crippen LogP contribution in [0.15, 0.2) is 28.6 Å². The van der Waals surface area contributed by atoms with Crippen LogP contribution in [0.3, 0.4) is 0 Å². The molecule has 1 heterocycles. The molecule has 2 N–H and O–H groups in total. The monoisotopic (exact) mass is 480 g/mol. The number of aliphatic imine (C=N–C) groups is 1. The Balaban J connectivity index is 0.00000312. The van der Waals surface area contributed by atoms with E-state index in [-0.39, 0.29) is 30.0 Å². The number of halogens is 3. The molecule has 0 spiro atoms. The summed E-state index contributed by atoms with van der Waals surface area (Å²) >= 11 is 1.63. The minimum absolute atomic E-state index is 0. The molecule has 0 bridgehead atoms. The summed E-state index contributed by atoms with van der Waals surface area (Å²) in [5.74, 6) is -1.08. The first-order valence-electron chi connectivity index (χ1n) is 7.96. The summed E-state index contributed by atoms with van der Waals surface area (Å²) in [4.78, 5) is 8.99. The first kappa shape index (κ1) is 21.8. The summed E-state index contributed by atoms with van der Waals surface area (Å²) in [6.07, 6.45) is 0.917. The molecular weight excluding hydrogens is 457 g/mol. The van der Waals surface area contributed by atoms with Crippen LogP contribution >= 0.6 is 35.3 Å². The fourth-order valence-electron chi connectivity index (χ4n) is 2.13. The highest BCUT2D eigenvalue weighted by Gasteiger charge is 2.11. The van der Waals surface area contributed by atoms with Gasteiger partial charge in [-0.2, -0.15) is 0 Å². The number of nitrogens with one attached hydrogen (secondary N) is 2. The van der Waals surface area contributed by atoms with E-state index in [0.717, 1.165) is 23.2 Å². The number of thiazole rings is 1. The minimum Gasteiger partial charge on any atom is -0.357 e. The summed E-state index contributed by atoms with van der Waals surface area (Å²) in [7, 11) is 0. The molecule has 0 saturated heterocycles. The summed E-state index contributed by atoms with van der Waals surface area (Å²) in [6.45, 7) is 7.08. The third-order valence-corrected chi connectivity index (χ3v) is 4.48. The predicted molar refractivity (Wildman–Crippen MR) is 110 cm³/mol. The van der Waals surface area contributed by atoms with Crippen molar-refractivity contribution < 1.29 is 8.78 Å². The zero-order valence-corrected chi connectivity index (χ0v) is 17.6. The van der Waals surface area contributed by atoms with Gasteiger partial charge in [0.25, 0.3) is 0 Å². The van der Waals surface area contributed by atoms with Gasteiger partial charge in [0, 0.05) is 11.9 Å². The Hall–Kier alpha value is -1.29. The molecule has 1 unspecified atom stereocenters. The maximum atomic E-state index is 13.4. The summed E-state index contributed by atoms with van der Waals surface area (Å²) in [5, 5.41) is 9.44. The van der Waals surface area contributed by atoms with E-state index in [1.54, 1.807) is 17.4 Å². The molecule has 25 heavy (non-hydrogen) atoms. The molecule has 0 aliphatic carbocycles. The molecule has 1 atom stereocenters. The van der Waals surface area contributed by atoms with Gasteiger partial charge in [0.15, 0.2) is 17.6 Å². The van der Waals surface area contributed by atoms with Crippen molar-refractivity contribution in [2.24, 2.45) is 4.99 Å². The third kappa shape index (κ3) is 6.50. The van der Waals surface area contributed by atoms with Crippen molar-refractivity contribution in [2.75, 3.05) is 6.54 Å². The second-order valence-corrected chi connectivity index (χ2v) is 6.26. The molecule has 138 valence electrons. The van der Waals surface area contributed by atoms with Crippen LogP contribution in [-0.2, 0) is 13.0 Å². The number of rotatable bonds is 6. The van der Waals surface area contributed by atoms with E-state index < -0.39 is 11.6 Å². The molecule has 2 rings (SSSR count). The van der Waals surface area contributed by atoms with E-state index in [1.165, 1.54) is 6.07 Å². The van der Waals surface area contributed by atoms with Gasteiger partial charge in [0.2, 0.25) is 0 Å². The van der Waals surface area contributed by atoms with E-state index in [1.807, 2.05) is 19.2 Å². The second kappa shape index (κ2) is 10.6. The first-order chi connectivity index (χ1) is 11.5. The van der Waals surface area contributed by atoms with Crippen molar-refractivity contribution in [3.8, 4) is 0 Å². The molecule has 0 saturated carbocycles. The van der Waals surface area contributed by atoms with Crippen molar-refractivity contribution >= 4 is 41.3 Å². The van der Waals surface area contributed by atoms with Crippen LogP contribution in [-0.4, -0.2) is 17.5 Å². The maximum absolute atomic E-state index is 13.4. The topological polar surface area (TPSA) is 49.3 Å². The number of aryl methyl sites for hydroxylation is 1. The summed E-state index contributed by atoms with van der Waals surface area (Å²) < 4.78 is 26.4. The van der Waals surface area contributed by atoms with Crippen molar-refractivity contribution in [3.63, 3.8) is 0 Å². The van der Waals surface area contributed by atoms with Gasteiger partial charge in [-0.15, -0.1) is 35.3 Å². The maximum Gasteiger partial charge on any atom is 0.192 e. The van der Waals surface area contributed by atoms with Gasteiger partial charge >= 0.3 is 0 Å². The largest absolute Gasteiger partial charge is 0.357 e. The number of hydrogen-bond acceptors (Lipinski definition) is 3. The Morgan fingerprint density at radius 1 is 1.28 bits per heavy atom. The van der Waals surface area contributed by atoms with Gasteiger partial charge in [0.05, 0.1) is 23.3 Å². The Kier molecular flexibility index (Phi) is 9.26. The average molecular weight is 480 g/mol. The van der Waals surface area contributed by atoms with Crippen LogP contribution in [0.4, 0.5) is 8.78 Å². The molecule has 2 aromatic rings. The fourth-order valence-corrected chi connectivity index (χ4v) is 2.87. The van der Waals surface area contributed by atoms with Gasteiger partial charge in [-0.05, 0) is 38.0 Å². The molecule has 1 aromatic carbocycles. The van der Waals surface area contributed by atoms with Crippen molar-refractivity contribution in [1.82, 2.24) is 15.6 Å². The lowest BCUT2D eigenvalue weighted by molar-refractivity contribution is 0.504. The smallest absolute Gasteiger partial charge is 0.192 e. The molecule has 0 amide bonds. The van der Waals surface area contributed by atoms with Crippen LogP contribution in [0.5, 0.6) is 0 Å². The van der Waals surface area contributed by atoms with Crippen molar-refractivity contribution in [3.05, 3.63) is 51.5 Å². The van der Waals surface area contributed by atoms with Crippen molar-refractivity contribution in [2.45, 2.75) is 39.8 Å². The van der Waals surface area contributed by atoms with Crippen LogP contribution in [0.25, 0.3) is 0 Å². The molecule has 1 aromatic heterocycles. The zero-order valence-electron chi connectivity index (χ0n) is 14.5. The van der Waals surface area contributed by atoms with Crippen LogP contribution in [0, 0.1) is 11.6 Å². The summed E-state index contributed by atoms with van der Waals surface area (Å²) in [5.41, 5.74) is 1.58. The lowest BCUT2D eigenvalue weighted by Gasteiger charge is -2.18. The fraction of sp³-hybridized carbons (Fsp3) is 0.412. The van der Waals surface area contributed by atoms with E-state index in [2.05, 4.69) is 27.5 Å². The molecule has 4 nitrogen and oxygen atoms in total. The highest BCUT2D eigenvalue weighted by atomic mass is 127. The number of hydrogen-bond donors (Lipinski definition) is 2. The highest BCUT2D eigenvalue weighted by molar-refractivity contribution is 14.0. The Bertz CT molecular complexity index is 706. The number of nitrogens with zero attached hydrogens (tertiary/aromatic N) is 2. The molecule has 0 aliphatic rings. The van der Waals surface area contributed by atoms with Gasteiger partial charge in [-0.1, -0.05) is 13.0 Å². The lowest BCUT2D eigenvalue weighted by atomic mass is 10.1. The predicted octanol–water partition coefficient (Wildman–Crippen LogP) is 4.42. The second-order valence-electron chi connectivity index (χ2n) is 5.32. The van der Waals surface area contributed by atoms with Crippen LogP contribution in [0.2, 0.25) is 0 Å². The zero-order chi connectivity index (χ0) is 17.5. The van der Waals surface area contributed by atoms with E-state index >= 15 is 0 Å². The average Bonchev–Trinajstić information content (AvgIpc) is 3.03. The van der Waals surface area contributed by atoms with E-state index in [4.69, 9.17) is 0 Å². The first-order valence-corrected chi connectivity index (χ1v) is 8.84. The molecule has 0 aliphatic heterocycles. The normalized spacial score (nSPS) is 12.4. The number of aromatic nitrogens is 1. The van der Waals surface area contributed by atoms with Gasteiger partial charge < -0.3 is 10.6 Å². The van der Waals surface area contributed by atoms with E-state index in [0.29, 0.717) is 24.6 Å².